The van der Waals surface area contributed by atoms with E-state index in [0.717, 1.165) is 0 Å². The molecule has 3 heterocycles. The standard InChI is InChI=1S/C44B28N4/c45-9-1(2-11(47)20(56)25(61)21(57)12(2)48)10(46)16(52)7(15(9)51)37-8-17(53)24(60)27(63)32(68)38(8)74-44(73-37)76-40-6(4-14(50)23(59)29(65)34(70)42(4)76)18(54)39-5(19(40)55)3-13(49)22(58)28(64)33(69)41(3)75(39)43-35(71)30(66)26(62)31(67)36(43)72. The van der Waals surface area contributed by atoms with Gasteiger partial charge in [0.05, 0.1) is 16.7 Å². The van der Waals surface area contributed by atoms with Gasteiger partial charge in [-0.15, -0.1) is 65.6 Å². The van der Waals surface area contributed by atoms with Gasteiger partial charge in [-0.25, -0.2) is 9.97 Å². The second kappa shape index (κ2) is 18.4. The van der Waals surface area contributed by atoms with Crippen LogP contribution in [0.5, 0.6) is 0 Å². The van der Waals surface area contributed by atoms with Crippen LogP contribution in [-0.4, -0.2) is 239 Å². The average molecular weight is 887 g/mol. The van der Waals surface area contributed by atoms with E-state index in [1.54, 1.807) is 0 Å². The highest BCUT2D eigenvalue weighted by atomic mass is 15.2. The Morgan fingerprint density at radius 2 is 0.461 bits per heavy atom. The molecule has 76 heavy (non-hydrogen) atoms. The summed E-state index contributed by atoms with van der Waals surface area (Å²) < 4.78 is 2.79. The monoisotopic (exact) mass is 892 g/mol. The number of hydrogen-bond acceptors (Lipinski definition) is 2. The summed E-state index contributed by atoms with van der Waals surface area (Å²) in [5, 5.41) is 0.229. The summed E-state index contributed by atoms with van der Waals surface area (Å²) >= 11 is 0. The number of nitrogens with zero attached hydrogens (tertiary/aromatic N) is 4. The fourth-order valence-electron chi connectivity index (χ4n) is 10.3. The van der Waals surface area contributed by atoms with Gasteiger partial charge in [0.1, 0.15) is 220 Å². The van der Waals surface area contributed by atoms with Gasteiger partial charge in [0, 0.05) is 38.4 Å². The summed E-state index contributed by atoms with van der Waals surface area (Å²) in [6.45, 7) is 0. The van der Waals surface area contributed by atoms with Gasteiger partial charge in [0.15, 0.2) is 0 Å². The van der Waals surface area contributed by atoms with Gasteiger partial charge in [-0.2, -0.15) is 0 Å². The highest BCUT2D eigenvalue weighted by Gasteiger charge is 2.31. The first-order chi connectivity index (χ1) is 35.5. The molecule has 3 aromatic heterocycles. The van der Waals surface area contributed by atoms with E-state index >= 15 is 0 Å². The number of aromatic nitrogens is 4. The summed E-state index contributed by atoms with van der Waals surface area (Å²) in [7, 11) is 188. The van der Waals surface area contributed by atoms with Crippen LogP contribution < -0.4 is 153 Å². The molecule has 280 valence electrons. The third kappa shape index (κ3) is 6.97. The molecule has 0 atom stereocenters. The van der Waals surface area contributed by atoms with E-state index in [2.05, 4.69) is 0 Å². The van der Waals surface area contributed by atoms with E-state index in [1.807, 2.05) is 0 Å². The van der Waals surface area contributed by atoms with Gasteiger partial charge < -0.3 is 4.57 Å². The lowest BCUT2D eigenvalue weighted by molar-refractivity contribution is 1.02. The van der Waals surface area contributed by atoms with E-state index in [-0.39, 0.29) is 241 Å². The van der Waals surface area contributed by atoms with Crippen molar-refractivity contribution in [2.45, 2.75) is 0 Å². The van der Waals surface area contributed by atoms with E-state index in [0.29, 0.717) is 0 Å². The summed E-state index contributed by atoms with van der Waals surface area (Å²) in [5.74, 6) is -0.335. The largest absolute Gasteiger partial charge is 0.312 e. The Kier molecular flexibility index (Phi) is 13.3. The molecule has 32 heteroatoms. The summed E-state index contributed by atoms with van der Waals surface area (Å²) in [6, 6.07) is 0. The topological polar surface area (TPSA) is 35.6 Å². The lowest BCUT2D eigenvalue weighted by Crippen LogP contribution is -2.57. The molecule has 4 nitrogen and oxygen atoms in total. The fraction of sp³-hybridized carbons (Fsp3) is 0. The second-order valence-corrected chi connectivity index (χ2v) is 18.2. The average Bonchev–Trinajstić information content (AvgIpc) is 4.05. The minimum absolute atomic E-state index is 0.0163. The van der Waals surface area contributed by atoms with Crippen molar-refractivity contribution in [3.05, 3.63) is 0 Å². The SMILES string of the molecule is [B]c1c([B])c([B])c(-c2c([B])c([B])c(-c3nc(-n4c5c([B])c([B])c([B])c([B])c5c5c([B])c6c(c([B])c54)c4c([B])c([B])c([B])c([B])c4n6-c4c([B])c([B])c([B])c([B])c4[B])nc4c([B])c([B])c([B])c([B])c34)c([B])c2[B])c([B])c1[B]. The molecular weight excluding hydrogens is 887 g/mol. The zero-order valence-electron chi connectivity index (χ0n) is 40.0. The first-order valence-electron chi connectivity index (χ1n) is 22.1. The predicted octanol–water partition coefficient (Wildman–Crippen LogP) is -22.6. The van der Waals surface area contributed by atoms with Gasteiger partial charge in [-0.1, -0.05) is 87.4 Å². The molecule has 0 saturated heterocycles. The Morgan fingerprint density at radius 1 is 0.197 bits per heavy atom. The quantitative estimate of drug-likeness (QED) is 0.165. The number of hydrogen-bond donors (Lipinski definition) is 0. The van der Waals surface area contributed by atoms with Gasteiger partial charge in [0.25, 0.3) is 0 Å². The minimum Gasteiger partial charge on any atom is -0.312 e. The maximum absolute atomic E-state index is 7.51. The van der Waals surface area contributed by atoms with Crippen molar-refractivity contribution >= 4 is 427 Å². The molecule has 0 N–H and O–H groups in total. The van der Waals surface area contributed by atoms with Crippen molar-refractivity contribution < 1.29 is 0 Å². The molecule has 0 fully saturated rings. The summed E-state index contributed by atoms with van der Waals surface area (Å²) in [6.07, 6.45) is 0. The fourth-order valence-corrected chi connectivity index (χ4v) is 10.3. The van der Waals surface area contributed by atoms with Crippen LogP contribution in [0.1, 0.15) is 0 Å². The molecule has 10 rings (SSSR count). The smallest absolute Gasteiger partial charge is 0.235 e. The maximum atomic E-state index is 7.51. The van der Waals surface area contributed by atoms with Crippen molar-refractivity contribution in [2.24, 2.45) is 0 Å². The van der Waals surface area contributed by atoms with Gasteiger partial charge >= 0.3 is 0 Å². The number of rotatable bonds is 4. The van der Waals surface area contributed by atoms with Crippen LogP contribution in [-0.2, 0) is 0 Å². The van der Waals surface area contributed by atoms with Crippen molar-refractivity contribution in [1.82, 2.24) is 19.1 Å². The van der Waals surface area contributed by atoms with Crippen molar-refractivity contribution in [2.75, 3.05) is 0 Å². The van der Waals surface area contributed by atoms with Crippen molar-refractivity contribution in [3.63, 3.8) is 0 Å². The molecule has 0 aliphatic carbocycles. The third-order valence-electron chi connectivity index (χ3n) is 14.4. The van der Waals surface area contributed by atoms with Crippen molar-refractivity contribution in [3.8, 4) is 34.0 Å². The molecule has 0 aliphatic rings. The van der Waals surface area contributed by atoms with Crippen LogP contribution in [0.2, 0.25) is 0 Å². The van der Waals surface area contributed by atoms with E-state index in [4.69, 9.17) is 230 Å². The number of fused-ring (bicyclic) bond motifs is 7. The van der Waals surface area contributed by atoms with E-state index < -0.39 is 0 Å². The second-order valence-electron chi connectivity index (χ2n) is 18.2. The summed E-state index contributed by atoms with van der Waals surface area (Å²) in [5.41, 5.74) is -4.95. The molecule has 0 spiro atoms. The number of benzene rings is 7. The molecule has 56 radical (unpaired) electrons. The lowest BCUT2D eigenvalue weighted by atomic mass is 9.56. The minimum atomic E-state index is -0.335. The molecule has 0 aliphatic heterocycles. The Morgan fingerprint density at radius 3 is 0.882 bits per heavy atom. The molecule has 7 aromatic carbocycles. The molecule has 0 bridgehead atoms. The zero-order chi connectivity index (χ0) is 56.0. The van der Waals surface area contributed by atoms with Crippen LogP contribution in [0.4, 0.5) is 0 Å². The van der Waals surface area contributed by atoms with E-state index in [1.165, 1.54) is 9.13 Å². The Bertz CT molecular complexity index is 4360. The highest BCUT2D eigenvalue weighted by molar-refractivity contribution is 6.75. The highest BCUT2D eigenvalue weighted by Crippen LogP contribution is 2.34. The Labute approximate surface area is 477 Å². The summed E-state index contributed by atoms with van der Waals surface area (Å²) in [4.78, 5) is 10.0. The van der Waals surface area contributed by atoms with E-state index in [9.17, 15) is 0 Å². The zero-order valence-corrected chi connectivity index (χ0v) is 40.0. The van der Waals surface area contributed by atoms with Crippen molar-refractivity contribution in [1.29, 1.82) is 0 Å². The first-order valence-corrected chi connectivity index (χ1v) is 22.1. The van der Waals surface area contributed by atoms with Crippen LogP contribution in [0.15, 0.2) is 0 Å². The third-order valence-corrected chi connectivity index (χ3v) is 14.4. The van der Waals surface area contributed by atoms with Gasteiger partial charge in [-0.05, 0) is 27.5 Å². The molecule has 0 saturated carbocycles. The normalized spacial score (nSPS) is 11.8. The van der Waals surface area contributed by atoms with Crippen LogP contribution in [0.3, 0.4) is 0 Å². The molecule has 0 unspecified atom stereocenters. The predicted molar refractivity (Wildman–Crippen MR) is 350 cm³/mol. The Hall–Kier alpha value is -4.70. The lowest BCUT2D eigenvalue weighted by Gasteiger charge is -2.29. The molecule has 0 amide bonds. The maximum Gasteiger partial charge on any atom is 0.235 e. The van der Waals surface area contributed by atoms with Gasteiger partial charge in [-0.3, -0.25) is 4.57 Å². The first kappa shape index (κ1) is 54.6. The van der Waals surface area contributed by atoms with Crippen LogP contribution >= 0.6 is 0 Å². The van der Waals surface area contributed by atoms with Crippen LogP contribution in [0.25, 0.3) is 88.5 Å². The molecule has 10 aromatic rings. The Balaban J connectivity index is 1.47. The van der Waals surface area contributed by atoms with Gasteiger partial charge in [0.2, 0.25) is 5.95 Å². The molecular formula is C44B28N4. The van der Waals surface area contributed by atoms with Crippen LogP contribution in [0, 0.1) is 0 Å².